The van der Waals surface area contributed by atoms with Crippen molar-refractivity contribution in [1.82, 2.24) is 15.2 Å². The maximum atomic E-state index is 13.1. The number of nitrogens with zero attached hydrogens (tertiary/aromatic N) is 2. The van der Waals surface area contributed by atoms with Gasteiger partial charge < -0.3 is 14.6 Å². The minimum absolute atomic E-state index is 0.144. The average Bonchev–Trinajstić information content (AvgIpc) is 3.15. The zero-order chi connectivity index (χ0) is 16.0. The molecule has 1 amide bonds. The molecule has 2 aromatic rings. The molecule has 2 aliphatic rings. The predicted octanol–water partition coefficient (Wildman–Crippen LogP) is 2.99. The minimum atomic E-state index is 0.144. The van der Waals surface area contributed by atoms with Gasteiger partial charge in [0.1, 0.15) is 10.6 Å². The number of amides is 1. The number of furan rings is 1. The molecular formula is C17H21N3O2S. The first-order valence-electron chi connectivity index (χ1n) is 8.21. The molecule has 6 heteroatoms. The highest BCUT2D eigenvalue weighted by atomic mass is 32.1. The molecule has 2 aromatic heterocycles. The van der Waals surface area contributed by atoms with Gasteiger partial charge in [0.05, 0.1) is 5.69 Å². The molecule has 0 radical (unpaired) electrons. The van der Waals surface area contributed by atoms with Gasteiger partial charge in [-0.05, 0) is 51.8 Å². The summed E-state index contributed by atoms with van der Waals surface area (Å²) in [5, 5.41) is 4.23. The van der Waals surface area contributed by atoms with E-state index >= 15 is 0 Å². The molecular weight excluding hydrogens is 310 g/mol. The lowest BCUT2D eigenvalue weighted by atomic mass is 10.1. The quantitative estimate of drug-likeness (QED) is 0.919. The van der Waals surface area contributed by atoms with E-state index in [0.717, 1.165) is 59.5 Å². The summed E-state index contributed by atoms with van der Waals surface area (Å²) in [6.07, 6.45) is 3.27. The van der Waals surface area contributed by atoms with E-state index in [0.29, 0.717) is 12.1 Å². The normalized spacial score (nSPS) is 24.0. The molecule has 4 rings (SSSR count). The SMILES string of the molecule is Cc1ccc(-c2nc(C)c(C(=O)N3C4CCNCC3CC4)s2)o1. The fraction of sp³-hybridized carbons (Fsp3) is 0.529. The Hall–Kier alpha value is -1.66. The van der Waals surface area contributed by atoms with Crippen molar-refractivity contribution in [2.24, 2.45) is 0 Å². The highest BCUT2D eigenvalue weighted by Crippen LogP contribution is 2.34. The Labute approximate surface area is 139 Å². The van der Waals surface area contributed by atoms with Crippen molar-refractivity contribution in [2.45, 2.75) is 45.2 Å². The summed E-state index contributed by atoms with van der Waals surface area (Å²) in [7, 11) is 0. The van der Waals surface area contributed by atoms with Crippen LogP contribution in [0.2, 0.25) is 0 Å². The van der Waals surface area contributed by atoms with Gasteiger partial charge in [-0.1, -0.05) is 0 Å². The minimum Gasteiger partial charge on any atom is -0.459 e. The molecule has 2 bridgehead atoms. The number of aryl methyl sites for hydroxylation is 2. The second-order valence-electron chi connectivity index (χ2n) is 6.43. The van der Waals surface area contributed by atoms with Crippen LogP contribution in [0.15, 0.2) is 16.5 Å². The topological polar surface area (TPSA) is 58.4 Å². The molecule has 23 heavy (non-hydrogen) atoms. The standard InChI is InChI=1S/C17H21N3O2S/c1-10-3-6-14(22-10)16-19-11(2)15(23-16)17(21)20-12-4-5-13(20)9-18-8-7-12/h3,6,12-13,18H,4-5,7-9H2,1-2H3. The molecule has 0 aromatic carbocycles. The molecule has 2 unspecified atom stereocenters. The summed E-state index contributed by atoms with van der Waals surface area (Å²) in [6.45, 7) is 5.74. The molecule has 2 atom stereocenters. The Morgan fingerprint density at radius 3 is 2.91 bits per heavy atom. The highest BCUT2D eigenvalue weighted by Gasteiger charge is 2.39. The number of thiazole rings is 1. The van der Waals surface area contributed by atoms with Crippen LogP contribution in [-0.4, -0.2) is 41.0 Å². The Morgan fingerprint density at radius 1 is 1.30 bits per heavy atom. The van der Waals surface area contributed by atoms with Gasteiger partial charge in [0, 0.05) is 18.6 Å². The smallest absolute Gasteiger partial charge is 0.266 e. The Morgan fingerprint density at radius 2 is 2.13 bits per heavy atom. The van der Waals surface area contributed by atoms with E-state index in [9.17, 15) is 4.79 Å². The van der Waals surface area contributed by atoms with Gasteiger partial charge in [0.2, 0.25) is 0 Å². The number of carbonyl (C=O) groups excluding carboxylic acids is 1. The first-order chi connectivity index (χ1) is 11.1. The van der Waals surface area contributed by atoms with Crippen LogP contribution in [0, 0.1) is 13.8 Å². The van der Waals surface area contributed by atoms with E-state index in [-0.39, 0.29) is 5.91 Å². The number of fused-ring (bicyclic) bond motifs is 2. The summed E-state index contributed by atoms with van der Waals surface area (Å²) in [5.74, 6) is 1.75. The molecule has 0 saturated carbocycles. The van der Waals surface area contributed by atoms with Crippen LogP contribution in [0.25, 0.3) is 10.8 Å². The van der Waals surface area contributed by atoms with E-state index in [4.69, 9.17) is 4.42 Å². The Bertz CT molecular complexity index is 722. The number of aromatic nitrogens is 1. The van der Waals surface area contributed by atoms with E-state index in [1.54, 1.807) is 0 Å². The maximum absolute atomic E-state index is 13.1. The largest absolute Gasteiger partial charge is 0.459 e. The fourth-order valence-corrected chi connectivity index (χ4v) is 4.65. The lowest BCUT2D eigenvalue weighted by Gasteiger charge is -2.27. The van der Waals surface area contributed by atoms with Crippen LogP contribution in [0.4, 0.5) is 0 Å². The fourth-order valence-electron chi connectivity index (χ4n) is 3.68. The molecule has 1 N–H and O–H groups in total. The molecule has 4 heterocycles. The highest BCUT2D eigenvalue weighted by molar-refractivity contribution is 7.17. The van der Waals surface area contributed by atoms with Crippen molar-refractivity contribution in [3.63, 3.8) is 0 Å². The van der Waals surface area contributed by atoms with Gasteiger partial charge in [0.15, 0.2) is 10.8 Å². The van der Waals surface area contributed by atoms with Crippen molar-refractivity contribution in [3.05, 3.63) is 28.5 Å². The predicted molar refractivity (Wildman–Crippen MR) is 89.8 cm³/mol. The molecule has 2 aliphatic heterocycles. The van der Waals surface area contributed by atoms with Crippen LogP contribution >= 0.6 is 11.3 Å². The Balaban J connectivity index is 1.65. The zero-order valence-electron chi connectivity index (χ0n) is 13.5. The summed E-state index contributed by atoms with van der Waals surface area (Å²) < 4.78 is 5.65. The van der Waals surface area contributed by atoms with Gasteiger partial charge in [0.25, 0.3) is 5.91 Å². The van der Waals surface area contributed by atoms with Gasteiger partial charge in [-0.2, -0.15) is 0 Å². The monoisotopic (exact) mass is 331 g/mol. The van der Waals surface area contributed by atoms with Crippen LogP contribution in [-0.2, 0) is 0 Å². The zero-order valence-corrected chi connectivity index (χ0v) is 14.3. The molecule has 122 valence electrons. The van der Waals surface area contributed by atoms with Crippen molar-refractivity contribution in [1.29, 1.82) is 0 Å². The second-order valence-corrected chi connectivity index (χ2v) is 7.43. The summed E-state index contributed by atoms with van der Waals surface area (Å²) in [5.41, 5.74) is 0.806. The van der Waals surface area contributed by atoms with Crippen molar-refractivity contribution >= 4 is 17.2 Å². The van der Waals surface area contributed by atoms with E-state index in [1.165, 1.54) is 11.3 Å². The van der Waals surface area contributed by atoms with Gasteiger partial charge in [-0.25, -0.2) is 4.98 Å². The third-order valence-corrected chi connectivity index (χ3v) is 5.99. The van der Waals surface area contributed by atoms with E-state index < -0.39 is 0 Å². The van der Waals surface area contributed by atoms with Crippen LogP contribution in [0.3, 0.4) is 0 Å². The van der Waals surface area contributed by atoms with Crippen molar-refractivity contribution in [2.75, 3.05) is 13.1 Å². The van der Waals surface area contributed by atoms with Gasteiger partial charge >= 0.3 is 0 Å². The van der Waals surface area contributed by atoms with Crippen molar-refractivity contribution < 1.29 is 9.21 Å². The summed E-state index contributed by atoms with van der Waals surface area (Å²) in [6, 6.07) is 4.54. The van der Waals surface area contributed by atoms with E-state index in [1.807, 2.05) is 26.0 Å². The number of rotatable bonds is 2. The van der Waals surface area contributed by atoms with Crippen molar-refractivity contribution in [3.8, 4) is 10.8 Å². The van der Waals surface area contributed by atoms with E-state index in [2.05, 4.69) is 15.2 Å². The lowest BCUT2D eigenvalue weighted by molar-refractivity contribution is 0.0684. The van der Waals surface area contributed by atoms with Crippen LogP contribution in [0.5, 0.6) is 0 Å². The van der Waals surface area contributed by atoms with Crippen LogP contribution < -0.4 is 5.32 Å². The number of carbonyl (C=O) groups is 1. The molecule has 2 fully saturated rings. The third-order valence-electron chi connectivity index (χ3n) is 4.83. The Kier molecular flexibility index (Phi) is 3.73. The summed E-state index contributed by atoms with van der Waals surface area (Å²) in [4.78, 5) is 20.6. The lowest BCUT2D eigenvalue weighted by Crippen LogP contribution is -2.42. The molecule has 2 saturated heterocycles. The first-order valence-corrected chi connectivity index (χ1v) is 9.03. The van der Waals surface area contributed by atoms with Gasteiger partial charge in [-0.3, -0.25) is 4.79 Å². The maximum Gasteiger partial charge on any atom is 0.266 e. The molecule has 5 nitrogen and oxygen atoms in total. The molecule has 0 spiro atoms. The first kappa shape index (κ1) is 14.9. The number of hydrogen-bond acceptors (Lipinski definition) is 5. The summed E-state index contributed by atoms with van der Waals surface area (Å²) >= 11 is 1.45. The second kappa shape index (κ2) is 5.76. The van der Waals surface area contributed by atoms with Crippen LogP contribution in [0.1, 0.15) is 40.4 Å². The third kappa shape index (κ3) is 2.60. The number of nitrogens with one attached hydrogen (secondary N) is 1. The molecule has 0 aliphatic carbocycles. The average molecular weight is 331 g/mol. The van der Waals surface area contributed by atoms with Gasteiger partial charge in [-0.15, -0.1) is 11.3 Å². The number of hydrogen-bond donors (Lipinski definition) is 1.